The van der Waals surface area contributed by atoms with Gasteiger partial charge in [-0.25, -0.2) is 0 Å². The van der Waals surface area contributed by atoms with E-state index < -0.39 is 0 Å². The van der Waals surface area contributed by atoms with E-state index >= 15 is 0 Å². The van der Waals surface area contributed by atoms with E-state index in [0.717, 1.165) is 11.0 Å². The normalized spacial score (nSPS) is 12.4. The fraction of sp³-hybridized carbons (Fsp3) is 0.214. The van der Waals surface area contributed by atoms with Crippen LogP contribution in [0, 0.1) is 0 Å². The zero-order chi connectivity index (χ0) is 12.1. The lowest BCUT2D eigenvalue weighted by Gasteiger charge is -2.18. The Balaban J connectivity index is 2.35. The van der Waals surface area contributed by atoms with Gasteiger partial charge in [-0.1, -0.05) is 37.3 Å². The molecule has 88 valence electrons. The number of aromatic nitrogens is 1. The van der Waals surface area contributed by atoms with Gasteiger partial charge in [-0.3, -0.25) is 4.98 Å². The first kappa shape index (κ1) is 12.3. The van der Waals surface area contributed by atoms with Crippen LogP contribution in [-0.2, 0) is 0 Å². The van der Waals surface area contributed by atoms with E-state index in [4.69, 9.17) is 0 Å². The fourth-order valence-electron chi connectivity index (χ4n) is 1.86. The molecule has 1 aromatic heterocycles. The summed E-state index contributed by atoms with van der Waals surface area (Å²) in [6.07, 6.45) is 3.71. The quantitative estimate of drug-likeness (QED) is 0.932. The van der Waals surface area contributed by atoms with E-state index in [2.05, 4.69) is 63.5 Å². The summed E-state index contributed by atoms with van der Waals surface area (Å²) in [5.74, 6) is 0. The van der Waals surface area contributed by atoms with Gasteiger partial charge in [0, 0.05) is 16.9 Å². The molecule has 1 heterocycles. The molecule has 2 rings (SSSR count). The van der Waals surface area contributed by atoms with Gasteiger partial charge in [0.2, 0.25) is 0 Å². The lowest BCUT2D eigenvalue weighted by atomic mass is 10.0. The Bertz CT molecular complexity index is 471. The highest BCUT2D eigenvalue weighted by molar-refractivity contribution is 9.10. The smallest absolute Gasteiger partial charge is 0.0592 e. The van der Waals surface area contributed by atoms with Crippen LogP contribution in [0.15, 0.2) is 53.3 Å². The van der Waals surface area contributed by atoms with Crippen LogP contribution in [0.5, 0.6) is 0 Å². The first-order chi connectivity index (χ1) is 8.31. The molecule has 1 unspecified atom stereocenters. The van der Waals surface area contributed by atoms with Crippen LogP contribution >= 0.6 is 15.9 Å². The van der Waals surface area contributed by atoms with E-state index in [1.165, 1.54) is 11.1 Å². The first-order valence-electron chi connectivity index (χ1n) is 5.70. The van der Waals surface area contributed by atoms with Crippen molar-refractivity contribution in [2.24, 2.45) is 0 Å². The summed E-state index contributed by atoms with van der Waals surface area (Å²) in [5, 5.41) is 3.48. The third-order valence-electron chi connectivity index (χ3n) is 2.60. The Morgan fingerprint density at radius 1 is 1.18 bits per heavy atom. The summed E-state index contributed by atoms with van der Waals surface area (Å²) in [5.41, 5.74) is 2.43. The van der Waals surface area contributed by atoms with Crippen LogP contribution in [0.1, 0.15) is 24.1 Å². The van der Waals surface area contributed by atoms with Crippen LogP contribution in [0.2, 0.25) is 0 Å². The van der Waals surface area contributed by atoms with Crippen LogP contribution < -0.4 is 5.32 Å². The summed E-state index contributed by atoms with van der Waals surface area (Å²) >= 11 is 3.46. The lowest BCUT2D eigenvalue weighted by Crippen LogP contribution is -2.22. The van der Waals surface area contributed by atoms with Crippen molar-refractivity contribution in [2.75, 3.05) is 6.54 Å². The Morgan fingerprint density at radius 3 is 2.59 bits per heavy atom. The van der Waals surface area contributed by atoms with Crippen molar-refractivity contribution >= 4 is 15.9 Å². The molecule has 2 aromatic rings. The molecule has 0 aliphatic carbocycles. The molecule has 0 fully saturated rings. The van der Waals surface area contributed by atoms with Gasteiger partial charge in [-0.2, -0.15) is 0 Å². The van der Waals surface area contributed by atoms with Gasteiger partial charge < -0.3 is 5.32 Å². The highest BCUT2D eigenvalue weighted by Gasteiger charge is 2.12. The monoisotopic (exact) mass is 290 g/mol. The van der Waals surface area contributed by atoms with Gasteiger partial charge in [-0.05, 0) is 39.7 Å². The summed E-state index contributed by atoms with van der Waals surface area (Å²) in [6, 6.07) is 12.7. The Morgan fingerprint density at radius 2 is 1.94 bits per heavy atom. The topological polar surface area (TPSA) is 24.9 Å². The molecule has 0 saturated carbocycles. The van der Waals surface area contributed by atoms with Gasteiger partial charge in [-0.15, -0.1) is 0 Å². The molecule has 17 heavy (non-hydrogen) atoms. The second-order valence-electron chi connectivity index (χ2n) is 3.84. The van der Waals surface area contributed by atoms with Crippen LogP contribution in [0.4, 0.5) is 0 Å². The lowest BCUT2D eigenvalue weighted by molar-refractivity contribution is 0.628. The summed E-state index contributed by atoms with van der Waals surface area (Å²) < 4.78 is 1.01. The minimum Gasteiger partial charge on any atom is -0.306 e. The Labute approximate surface area is 110 Å². The molecule has 1 aromatic carbocycles. The Kier molecular flexibility index (Phi) is 4.29. The average molecular weight is 291 g/mol. The molecule has 2 nitrogen and oxygen atoms in total. The highest BCUT2D eigenvalue weighted by Crippen LogP contribution is 2.23. The molecular formula is C14H15BrN2. The molecule has 0 amide bonds. The highest BCUT2D eigenvalue weighted by atomic mass is 79.9. The maximum absolute atomic E-state index is 4.23. The third kappa shape index (κ3) is 3.14. The van der Waals surface area contributed by atoms with Gasteiger partial charge in [0.05, 0.1) is 6.04 Å². The maximum Gasteiger partial charge on any atom is 0.0592 e. The summed E-state index contributed by atoms with van der Waals surface area (Å²) in [6.45, 7) is 3.04. The van der Waals surface area contributed by atoms with E-state index in [9.17, 15) is 0 Å². The summed E-state index contributed by atoms with van der Waals surface area (Å²) in [7, 11) is 0. The van der Waals surface area contributed by atoms with Gasteiger partial charge >= 0.3 is 0 Å². The van der Waals surface area contributed by atoms with Crippen molar-refractivity contribution < 1.29 is 0 Å². The zero-order valence-corrected chi connectivity index (χ0v) is 11.3. The van der Waals surface area contributed by atoms with Gasteiger partial charge in [0.15, 0.2) is 0 Å². The number of pyridine rings is 1. The third-order valence-corrected chi connectivity index (χ3v) is 3.03. The van der Waals surface area contributed by atoms with E-state index in [-0.39, 0.29) is 6.04 Å². The van der Waals surface area contributed by atoms with Crippen molar-refractivity contribution in [3.63, 3.8) is 0 Å². The minimum absolute atomic E-state index is 0.200. The van der Waals surface area contributed by atoms with Crippen molar-refractivity contribution in [2.45, 2.75) is 13.0 Å². The standard InChI is InChI=1S/C14H15BrN2/c1-2-17-14(11-6-4-3-5-7-11)12-8-13(15)10-16-9-12/h3-10,14,17H,2H2,1H3. The van der Waals surface area contributed by atoms with E-state index in [1.807, 2.05) is 12.3 Å². The van der Waals surface area contributed by atoms with Crippen molar-refractivity contribution in [1.29, 1.82) is 0 Å². The summed E-state index contributed by atoms with van der Waals surface area (Å²) in [4.78, 5) is 4.23. The Hall–Kier alpha value is -1.19. The molecule has 0 saturated heterocycles. The zero-order valence-electron chi connectivity index (χ0n) is 9.73. The molecular weight excluding hydrogens is 276 g/mol. The number of rotatable bonds is 4. The van der Waals surface area contributed by atoms with E-state index in [1.54, 1.807) is 6.20 Å². The number of nitrogens with zero attached hydrogens (tertiary/aromatic N) is 1. The SMILES string of the molecule is CCNC(c1ccccc1)c1cncc(Br)c1. The second-order valence-corrected chi connectivity index (χ2v) is 4.75. The second kappa shape index (κ2) is 5.94. The van der Waals surface area contributed by atoms with Crippen molar-refractivity contribution in [3.05, 3.63) is 64.4 Å². The van der Waals surface area contributed by atoms with Crippen LogP contribution in [0.25, 0.3) is 0 Å². The van der Waals surface area contributed by atoms with Crippen molar-refractivity contribution in [3.8, 4) is 0 Å². The van der Waals surface area contributed by atoms with Crippen LogP contribution in [0.3, 0.4) is 0 Å². The molecule has 1 atom stereocenters. The predicted molar refractivity (Wildman–Crippen MR) is 73.9 cm³/mol. The predicted octanol–water partition coefficient (Wildman–Crippen LogP) is 3.54. The molecule has 3 heteroatoms. The maximum atomic E-state index is 4.23. The molecule has 0 radical (unpaired) electrons. The molecule has 0 aliphatic rings. The number of benzene rings is 1. The first-order valence-corrected chi connectivity index (χ1v) is 6.49. The van der Waals surface area contributed by atoms with E-state index in [0.29, 0.717) is 0 Å². The molecule has 0 spiro atoms. The molecule has 1 N–H and O–H groups in total. The minimum atomic E-state index is 0.200. The number of hydrogen-bond acceptors (Lipinski definition) is 2. The van der Waals surface area contributed by atoms with Crippen molar-refractivity contribution in [1.82, 2.24) is 10.3 Å². The van der Waals surface area contributed by atoms with Gasteiger partial charge in [0.25, 0.3) is 0 Å². The largest absolute Gasteiger partial charge is 0.306 e. The average Bonchev–Trinajstić information content (AvgIpc) is 2.37. The van der Waals surface area contributed by atoms with Gasteiger partial charge in [0.1, 0.15) is 0 Å². The number of nitrogens with one attached hydrogen (secondary N) is 1. The number of hydrogen-bond donors (Lipinski definition) is 1. The fourth-order valence-corrected chi connectivity index (χ4v) is 2.25. The molecule has 0 bridgehead atoms. The molecule has 0 aliphatic heterocycles. The number of halogens is 1. The van der Waals surface area contributed by atoms with Crippen LogP contribution in [-0.4, -0.2) is 11.5 Å².